The molecule has 2 amide bonds. The summed E-state index contributed by atoms with van der Waals surface area (Å²) in [6.45, 7) is 2.03. The Labute approximate surface area is 252 Å². The standard InChI is InChI=1S/C33H31N5O6/c1-19-9-11-21(12-10-19)34-37-29(40)25-18-26-23(15-16-36-31(42)35(2)32(43)38(26)36)28(24-17-22(44-3)13-14-27(24)39)33(25,30(37)41)20-7-5-4-6-8-20/h4-15,17,25-26,28,34,39H,16,18H2,1-3H3/t25-,26+,28+,33+/m0/s1. The summed E-state index contributed by atoms with van der Waals surface area (Å²) in [5.74, 6) is -2.41. The second-order valence-corrected chi connectivity index (χ2v) is 11.6. The van der Waals surface area contributed by atoms with E-state index < -0.39 is 46.5 Å². The normalized spacial score (nSPS) is 23.9. The second kappa shape index (κ2) is 9.87. The number of phenols is 1. The van der Waals surface area contributed by atoms with E-state index in [1.54, 1.807) is 24.3 Å². The molecular formula is C33H31N5O6. The molecule has 4 atom stereocenters. The monoisotopic (exact) mass is 593 g/mol. The van der Waals surface area contributed by atoms with E-state index in [0.29, 0.717) is 28.1 Å². The number of carbonyl (C=O) groups is 2. The largest absolute Gasteiger partial charge is 0.508 e. The first-order valence-electron chi connectivity index (χ1n) is 14.4. The number of carbonyl (C=O) groups excluding carboxylic acids is 2. The fraction of sp³-hybridized carbons (Fsp3) is 0.273. The molecule has 3 aromatic carbocycles. The minimum Gasteiger partial charge on any atom is -0.508 e. The minimum absolute atomic E-state index is 0.0834. The Morgan fingerprint density at radius 3 is 2.39 bits per heavy atom. The van der Waals surface area contributed by atoms with E-state index in [4.69, 9.17) is 4.74 Å². The smallest absolute Gasteiger partial charge is 0.347 e. The van der Waals surface area contributed by atoms with Gasteiger partial charge in [-0.1, -0.05) is 54.1 Å². The molecule has 11 nitrogen and oxygen atoms in total. The predicted molar refractivity (Wildman–Crippen MR) is 161 cm³/mol. The topological polar surface area (TPSA) is 128 Å². The van der Waals surface area contributed by atoms with Crippen molar-refractivity contribution in [1.29, 1.82) is 0 Å². The van der Waals surface area contributed by atoms with Crippen molar-refractivity contribution in [3.63, 3.8) is 0 Å². The summed E-state index contributed by atoms with van der Waals surface area (Å²) in [5, 5.41) is 12.5. The van der Waals surface area contributed by atoms with E-state index in [2.05, 4.69) is 5.43 Å². The third kappa shape index (κ3) is 3.68. The molecule has 3 aliphatic rings. The van der Waals surface area contributed by atoms with Gasteiger partial charge in [0.2, 0.25) is 0 Å². The van der Waals surface area contributed by atoms with Crippen LogP contribution in [0.3, 0.4) is 0 Å². The van der Waals surface area contributed by atoms with Crippen molar-refractivity contribution < 1.29 is 19.4 Å². The average Bonchev–Trinajstić information content (AvgIpc) is 3.39. The summed E-state index contributed by atoms with van der Waals surface area (Å²) >= 11 is 0. The van der Waals surface area contributed by atoms with Crippen LogP contribution in [0.2, 0.25) is 0 Å². The number of rotatable bonds is 5. The summed E-state index contributed by atoms with van der Waals surface area (Å²) < 4.78 is 9.32. The highest BCUT2D eigenvalue weighted by molar-refractivity contribution is 6.12. The lowest BCUT2D eigenvalue weighted by Crippen LogP contribution is -2.53. The number of aromatic hydroxyl groups is 1. The third-order valence-electron chi connectivity index (χ3n) is 9.39. The lowest BCUT2D eigenvalue weighted by Gasteiger charge is -2.49. The van der Waals surface area contributed by atoms with Gasteiger partial charge in [0.25, 0.3) is 11.8 Å². The summed E-state index contributed by atoms with van der Waals surface area (Å²) in [6, 6.07) is 20.5. The van der Waals surface area contributed by atoms with Gasteiger partial charge in [-0.05, 0) is 54.8 Å². The molecular weight excluding hydrogens is 562 g/mol. The minimum atomic E-state index is -1.50. The number of nitrogens with zero attached hydrogens (tertiary/aromatic N) is 4. The lowest BCUT2D eigenvalue weighted by molar-refractivity contribution is -0.138. The maximum absolute atomic E-state index is 15.0. The van der Waals surface area contributed by atoms with Crippen LogP contribution in [0.4, 0.5) is 5.69 Å². The number of imide groups is 1. The van der Waals surface area contributed by atoms with Crippen molar-refractivity contribution in [2.75, 3.05) is 12.5 Å². The zero-order chi connectivity index (χ0) is 30.9. The highest BCUT2D eigenvalue weighted by atomic mass is 16.5. The molecule has 0 radical (unpaired) electrons. The predicted octanol–water partition coefficient (Wildman–Crippen LogP) is 2.99. The quantitative estimate of drug-likeness (QED) is 0.269. The number of aryl methyl sites for hydroxylation is 1. The van der Waals surface area contributed by atoms with Crippen molar-refractivity contribution in [3.05, 3.63) is 122 Å². The summed E-state index contributed by atoms with van der Waals surface area (Å²) in [6.07, 6.45) is 1.94. The molecule has 4 aromatic rings. The van der Waals surface area contributed by atoms with Crippen molar-refractivity contribution in [2.24, 2.45) is 13.0 Å². The Bertz CT molecular complexity index is 1970. The van der Waals surface area contributed by atoms with Crippen LogP contribution in [0, 0.1) is 12.8 Å². The van der Waals surface area contributed by atoms with E-state index in [9.17, 15) is 19.5 Å². The van der Waals surface area contributed by atoms with Crippen LogP contribution in [-0.4, -0.2) is 43.0 Å². The van der Waals surface area contributed by atoms with E-state index in [-0.39, 0.29) is 18.7 Å². The van der Waals surface area contributed by atoms with Gasteiger partial charge in [0, 0.05) is 18.5 Å². The number of nitrogens with one attached hydrogen (secondary N) is 1. The molecule has 1 saturated carbocycles. The van der Waals surface area contributed by atoms with Gasteiger partial charge < -0.3 is 9.84 Å². The van der Waals surface area contributed by atoms with Crippen molar-refractivity contribution in [3.8, 4) is 11.5 Å². The molecule has 1 aliphatic carbocycles. The number of anilines is 1. The number of phenolic OH excluding ortho intramolecular Hbond substituents is 1. The molecule has 1 saturated heterocycles. The van der Waals surface area contributed by atoms with Crippen LogP contribution in [0.25, 0.3) is 0 Å². The van der Waals surface area contributed by atoms with E-state index in [1.807, 2.05) is 55.5 Å². The van der Waals surface area contributed by atoms with E-state index >= 15 is 4.79 Å². The van der Waals surface area contributed by atoms with Gasteiger partial charge in [-0.25, -0.2) is 23.5 Å². The molecule has 2 N–H and O–H groups in total. The van der Waals surface area contributed by atoms with Gasteiger partial charge >= 0.3 is 11.4 Å². The number of ether oxygens (including phenoxy) is 1. The highest BCUT2D eigenvalue weighted by Gasteiger charge is 2.69. The van der Waals surface area contributed by atoms with Crippen LogP contribution in [-0.2, 0) is 28.6 Å². The molecule has 224 valence electrons. The number of benzene rings is 3. The van der Waals surface area contributed by atoms with Crippen LogP contribution < -0.4 is 21.5 Å². The van der Waals surface area contributed by atoms with E-state index in [1.165, 1.54) is 29.6 Å². The number of hydrogen-bond donors (Lipinski definition) is 2. The van der Waals surface area contributed by atoms with E-state index in [0.717, 1.165) is 15.1 Å². The Balaban J connectivity index is 1.52. The Morgan fingerprint density at radius 1 is 0.955 bits per heavy atom. The molecule has 7 rings (SSSR count). The molecule has 0 unspecified atom stereocenters. The van der Waals surface area contributed by atoms with Crippen LogP contribution in [0.5, 0.6) is 11.5 Å². The summed E-state index contributed by atoms with van der Waals surface area (Å²) in [4.78, 5) is 56.0. The van der Waals surface area contributed by atoms with Crippen molar-refractivity contribution >= 4 is 17.5 Å². The Kier molecular flexibility index (Phi) is 6.17. The summed E-state index contributed by atoms with van der Waals surface area (Å²) in [5.41, 5.74) is 3.80. The van der Waals surface area contributed by atoms with Crippen LogP contribution in [0.15, 0.2) is 94.0 Å². The SMILES string of the molecule is COc1ccc(O)c([C@H]2C3=CCn4c(=O)n(C)c(=O)n4[C@@H]3C[C@H]3C(=O)N(Nc4ccc(C)cc4)C(=O)[C@@]23c2ccccc2)c1. The zero-order valence-electron chi connectivity index (χ0n) is 24.4. The molecule has 3 heterocycles. The molecule has 0 bridgehead atoms. The van der Waals surface area contributed by atoms with Crippen molar-refractivity contribution in [2.45, 2.75) is 37.3 Å². The lowest BCUT2D eigenvalue weighted by atomic mass is 9.53. The number of hydrazine groups is 1. The number of allylic oxidation sites excluding steroid dienone is 2. The molecule has 2 aliphatic heterocycles. The molecule has 11 heteroatoms. The Morgan fingerprint density at radius 2 is 1.68 bits per heavy atom. The maximum atomic E-state index is 15.0. The summed E-state index contributed by atoms with van der Waals surface area (Å²) in [7, 11) is 2.93. The fourth-order valence-corrected chi connectivity index (χ4v) is 7.35. The maximum Gasteiger partial charge on any atom is 0.347 e. The number of amides is 2. The first-order valence-corrected chi connectivity index (χ1v) is 14.4. The van der Waals surface area contributed by atoms with Gasteiger partial charge in [-0.3, -0.25) is 15.0 Å². The highest BCUT2D eigenvalue weighted by Crippen LogP contribution is 2.62. The molecule has 1 aromatic heterocycles. The van der Waals surface area contributed by atoms with Crippen molar-refractivity contribution in [1.82, 2.24) is 18.9 Å². The zero-order valence-corrected chi connectivity index (χ0v) is 24.4. The average molecular weight is 594 g/mol. The van der Waals surface area contributed by atoms with Gasteiger partial charge in [0.05, 0.1) is 36.7 Å². The molecule has 2 fully saturated rings. The first kappa shape index (κ1) is 27.5. The van der Waals surface area contributed by atoms with Gasteiger partial charge in [-0.2, -0.15) is 5.01 Å². The van der Waals surface area contributed by atoms with Crippen LogP contribution in [0.1, 0.15) is 35.1 Å². The fourth-order valence-electron chi connectivity index (χ4n) is 7.35. The number of fused-ring (bicyclic) bond motifs is 4. The molecule has 0 spiro atoms. The third-order valence-corrected chi connectivity index (χ3v) is 9.39. The second-order valence-electron chi connectivity index (χ2n) is 11.6. The molecule has 44 heavy (non-hydrogen) atoms. The number of aromatic nitrogens is 3. The van der Waals surface area contributed by atoms with Crippen LogP contribution >= 0.6 is 0 Å². The Hall–Kier alpha value is -5.32. The number of hydrogen-bond acceptors (Lipinski definition) is 7. The first-order chi connectivity index (χ1) is 21.2. The van der Waals surface area contributed by atoms with Gasteiger partial charge in [0.1, 0.15) is 11.5 Å². The van der Waals surface area contributed by atoms with Gasteiger partial charge in [-0.15, -0.1) is 0 Å². The number of methoxy groups -OCH3 is 1. The van der Waals surface area contributed by atoms with Gasteiger partial charge in [0.15, 0.2) is 0 Å².